The van der Waals surface area contributed by atoms with E-state index in [0.717, 1.165) is 12.8 Å². The predicted octanol–water partition coefficient (Wildman–Crippen LogP) is 0.779. The van der Waals surface area contributed by atoms with Crippen LogP contribution in [0.4, 0.5) is 0 Å². The van der Waals surface area contributed by atoms with Crippen LogP contribution in [0.1, 0.15) is 19.8 Å². The Labute approximate surface area is 66.7 Å². The van der Waals surface area contributed by atoms with Crippen LogP contribution in [-0.4, -0.2) is 11.7 Å². The second-order valence-electron chi connectivity index (χ2n) is 1.08. The number of aliphatic hydroxyl groups excluding tert-OH is 1. The molecule has 0 spiro atoms. The van der Waals surface area contributed by atoms with Crippen molar-refractivity contribution in [1.82, 2.24) is 0 Å². The minimum absolute atomic E-state index is 0. The third-order valence-electron chi connectivity index (χ3n) is 0.512. The summed E-state index contributed by atoms with van der Waals surface area (Å²) in [6.45, 7) is 2.40. The summed E-state index contributed by atoms with van der Waals surface area (Å²) in [5, 5.41) is 8.07. The van der Waals surface area contributed by atoms with Crippen LogP contribution in [0.3, 0.4) is 0 Å². The van der Waals surface area contributed by atoms with E-state index in [9.17, 15) is 0 Å². The molecule has 1 radical (unpaired) electrons. The summed E-state index contributed by atoms with van der Waals surface area (Å²) >= 11 is 0. The molecule has 0 bridgehead atoms. The number of hydrogen-bond donors (Lipinski definition) is 1. The van der Waals surface area contributed by atoms with Crippen LogP contribution in [-0.2, 0) is 0 Å². The molecule has 0 aliphatic rings. The van der Waals surface area contributed by atoms with Crippen molar-refractivity contribution < 1.29 is 40.7 Å². The molecule has 0 aromatic heterocycles. The molecule has 0 aliphatic heterocycles. The molecule has 1 N–H and O–H groups in total. The summed E-state index contributed by atoms with van der Waals surface area (Å²) in [7, 11) is 0. The van der Waals surface area contributed by atoms with Crippen LogP contribution in [0.5, 0.6) is 0 Å². The molecule has 0 fully saturated rings. The van der Waals surface area contributed by atoms with Crippen molar-refractivity contribution in [2.75, 3.05) is 6.61 Å². The first kappa shape index (κ1) is 10.2. The summed E-state index contributed by atoms with van der Waals surface area (Å²) in [5.74, 6) is 0. The van der Waals surface area contributed by atoms with E-state index in [2.05, 4.69) is 6.92 Å². The smallest absolute Gasteiger partial charge is 0.0430 e. The largest absolute Gasteiger partial charge is 0.396 e. The standard InChI is InChI=1S/C4H10O.La/c1-2-3-4-5;/h5H,2-4H2,1H3;. The summed E-state index contributed by atoms with van der Waals surface area (Å²) in [6.07, 6.45) is 2.04. The van der Waals surface area contributed by atoms with E-state index in [-0.39, 0.29) is 35.6 Å². The minimum atomic E-state index is 0. The van der Waals surface area contributed by atoms with Crippen molar-refractivity contribution in [2.45, 2.75) is 19.8 Å². The number of rotatable bonds is 2. The van der Waals surface area contributed by atoms with Crippen molar-refractivity contribution in [3.8, 4) is 0 Å². The maximum atomic E-state index is 8.07. The third-order valence-corrected chi connectivity index (χ3v) is 0.512. The first-order valence-corrected chi connectivity index (χ1v) is 2.02. The van der Waals surface area contributed by atoms with E-state index in [4.69, 9.17) is 5.11 Å². The Bertz CT molecular complexity index is 15.0. The molecular weight excluding hydrogens is 203 g/mol. The maximum Gasteiger partial charge on any atom is 0.0430 e. The van der Waals surface area contributed by atoms with Gasteiger partial charge in [0.2, 0.25) is 0 Å². The van der Waals surface area contributed by atoms with Gasteiger partial charge in [0.25, 0.3) is 0 Å². The van der Waals surface area contributed by atoms with E-state index in [1.165, 1.54) is 0 Å². The zero-order chi connectivity index (χ0) is 4.12. The summed E-state index contributed by atoms with van der Waals surface area (Å²) in [6, 6.07) is 0. The SMILES string of the molecule is CCCCO.[La]. The van der Waals surface area contributed by atoms with Gasteiger partial charge in [0, 0.05) is 42.2 Å². The second kappa shape index (κ2) is 9.47. The van der Waals surface area contributed by atoms with E-state index in [1.54, 1.807) is 0 Å². The second-order valence-corrected chi connectivity index (χ2v) is 1.08. The molecule has 35 valence electrons. The van der Waals surface area contributed by atoms with Crippen LogP contribution in [0, 0.1) is 35.6 Å². The van der Waals surface area contributed by atoms with Gasteiger partial charge in [-0.05, 0) is 6.42 Å². The molecule has 0 aromatic rings. The molecule has 0 aromatic carbocycles. The van der Waals surface area contributed by atoms with Gasteiger partial charge in [-0.1, -0.05) is 13.3 Å². The van der Waals surface area contributed by atoms with Gasteiger partial charge in [-0.25, -0.2) is 0 Å². The van der Waals surface area contributed by atoms with Crippen molar-refractivity contribution in [3.05, 3.63) is 0 Å². The predicted molar refractivity (Wildman–Crippen MR) is 22.0 cm³/mol. The minimum Gasteiger partial charge on any atom is -0.396 e. The monoisotopic (exact) mass is 213 g/mol. The molecule has 0 heterocycles. The van der Waals surface area contributed by atoms with E-state index in [1.807, 2.05) is 0 Å². The Hall–Kier alpha value is 1.15. The Balaban J connectivity index is 0. The van der Waals surface area contributed by atoms with Crippen LogP contribution in [0.2, 0.25) is 0 Å². The van der Waals surface area contributed by atoms with Crippen LogP contribution >= 0.6 is 0 Å². The fraction of sp³-hybridized carbons (Fsp3) is 1.00. The number of aliphatic hydroxyl groups is 1. The van der Waals surface area contributed by atoms with Crippen molar-refractivity contribution >= 4 is 0 Å². The van der Waals surface area contributed by atoms with Gasteiger partial charge in [-0.15, -0.1) is 0 Å². The zero-order valence-electron chi connectivity index (χ0n) is 4.15. The summed E-state index contributed by atoms with van der Waals surface area (Å²) in [5.41, 5.74) is 0. The molecule has 2 heteroatoms. The molecule has 0 amide bonds. The molecule has 0 atom stereocenters. The van der Waals surface area contributed by atoms with E-state index >= 15 is 0 Å². The van der Waals surface area contributed by atoms with Gasteiger partial charge in [0.05, 0.1) is 0 Å². The first-order chi connectivity index (χ1) is 2.41. The van der Waals surface area contributed by atoms with Crippen molar-refractivity contribution in [3.63, 3.8) is 0 Å². The molecule has 0 saturated carbocycles. The van der Waals surface area contributed by atoms with Gasteiger partial charge >= 0.3 is 0 Å². The maximum absolute atomic E-state index is 8.07. The van der Waals surface area contributed by atoms with Gasteiger partial charge in [-0.2, -0.15) is 0 Å². The first-order valence-electron chi connectivity index (χ1n) is 2.02. The van der Waals surface area contributed by atoms with Crippen molar-refractivity contribution in [1.29, 1.82) is 0 Å². The average Bonchev–Trinajstić information content (AvgIpc) is 1.41. The molecule has 0 rings (SSSR count). The molecule has 1 nitrogen and oxygen atoms in total. The molecule has 6 heavy (non-hydrogen) atoms. The Morgan fingerprint density at radius 2 is 2.00 bits per heavy atom. The Morgan fingerprint density at radius 1 is 1.50 bits per heavy atom. The molecule has 0 aliphatic carbocycles. The van der Waals surface area contributed by atoms with E-state index < -0.39 is 0 Å². The molecule has 0 saturated heterocycles. The fourth-order valence-corrected chi connectivity index (χ4v) is 0.158. The zero-order valence-corrected chi connectivity index (χ0v) is 7.77. The van der Waals surface area contributed by atoms with Crippen LogP contribution < -0.4 is 0 Å². The number of hydrogen-bond acceptors (Lipinski definition) is 1. The molecule has 0 unspecified atom stereocenters. The topological polar surface area (TPSA) is 20.2 Å². The van der Waals surface area contributed by atoms with Gasteiger partial charge < -0.3 is 5.11 Å². The van der Waals surface area contributed by atoms with E-state index in [0.29, 0.717) is 6.61 Å². The normalized spacial score (nSPS) is 7.00. The Kier molecular flexibility index (Phi) is 16.1. The van der Waals surface area contributed by atoms with Crippen LogP contribution in [0.25, 0.3) is 0 Å². The molecular formula is C4H10LaO. The van der Waals surface area contributed by atoms with Gasteiger partial charge in [0.1, 0.15) is 0 Å². The average molecular weight is 213 g/mol. The van der Waals surface area contributed by atoms with Gasteiger partial charge in [0.15, 0.2) is 0 Å². The van der Waals surface area contributed by atoms with Crippen LogP contribution in [0.15, 0.2) is 0 Å². The summed E-state index contributed by atoms with van der Waals surface area (Å²) in [4.78, 5) is 0. The quantitative estimate of drug-likeness (QED) is 0.718. The van der Waals surface area contributed by atoms with Gasteiger partial charge in [-0.3, -0.25) is 0 Å². The summed E-state index contributed by atoms with van der Waals surface area (Å²) < 4.78 is 0. The number of unbranched alkanes of at least 4 members (excludes halogenated alkanes) is 1. The van der Waals surface area contributed by atoms with Crippen molar-refractivity contribution in [2.24, 2.45) is 0 Å². The third kappa shape index (κ3) is 8.94. The Morgan fingerprint density at radius 3 is 2.00 bits per heavy atom. The fourth-order valence-electron chi connectivity index (χ4n) is 0.158.